The van der Waals surface area contributed by atoms with Crippen LogP contribution in [0.3, 0.4) is 0 Å². The van der Waals surface area contributed by atoms with Crippen molar-refractivity contribution in [3.8, 4) is 0 Å². The molecule has 1 aliphatic rings. The first-order chi connectivity index (χ1) is 9.49. The van der Waals surface area contributed by atoms with Gasteiger partial charge >= 0.3 is 0 Å². The molecule has 1 amide bonds. The second kappa shape index (κ2) is 5.51. The number of hydrogen-bond acceptors (Lipinski definition) is 6. The largest absolute Gasteiger partial charge is 0.368 e. The fraction of sp³-hybridized carbons (Fsp3) is 0.364. The molecule has 2 rings (SSSR count). The summed E-state index contributed by atoms with van der Waals surface area (Å²) in [4.78, 5) is 31.8. The van der Waals surface area contributed by atoms with E-state index in [2.05, 4.69) is 10.6 Å². The van der Waals surface area contributed by atoms with E-state index in [1.807, 2.05) is 0 Å². The molecule has 1 aromatic carbocycles. The molecule has 1 saturated heterocycles. The fourth-order valence-corrected chi connectivity index (χ4v) is 2.00. The van der Waals surface area contributed by atoms with E-state index < -0.39 is 21.6 Å². The highest BCUT2D eigenvalue weighted by atomic mass is 16.6. The van der Waals surface area contributed by atoms with Gasteiger partial charge in [-0.1, -0.05) is 0 Å². The zero-order valence-electron chi connectivity index (χ0n) is 10.4. The molecule has 1 aromatic rings. The fourth-order valence-electron chi connectivity index (χ4n) is 2.00. The van der Waals surface area contributed by atoms with Crippen LogP contribution in [0.25, 0.3) is 0 Å². The number of rotatable bonds is 4. The lowest BCUT2D eigenvalue weighted by Crippen LogP contribution is -2.44. The maximum atomic E-state index is 11.6. The quantitative estimate of drug-likeness (QED) is 0.630. The Labute approximate surface area is 113 Å². The summed E-state index contributed by atoms with van der Waals surface area (Å²) in [6, 6.07) is 2.72. The van der Waals surface area contributed by atoms with E-state index in [0.29, 0.717) is 13.0 Å². The van der Waals surface area contributed by atoms with Gasteiger partial charge in [-0.2, -0.15) is 0 Å². The second-order valence-electron chi connectivity index (χ2n) is 4.35. The molecule has 0 bridgehead atoms. The number of nitrogens with zero attached hydrogens (tertiary/aromatic N) is 2. The lowest BCUT2D eigenvalue weighted by molar-refractivity contribution is -0.393. The summed E-state index contributed by atoms with van der Waals surface area (Å²) >= 11 is 0. The van der Waals surface area contributed by atoms with E-state index >= 15 is 0 Å². The van der Waals surface area contributed by atoms with E-state index in [1.165, 1.54) is 6.07 Å². The van der Waals surface area contributed by atoms with Crippen molar-refractivity contribution in [2.24, 2.45) is 0 Å². The van der Waals surface area contributed by atoms with Crippen LogP contribution < -0.4 is 10.6 Å². The van der Waals surface area contributed by atoms with Crippen molar-refractivity contribution in [3.05, 3.63) is 38.4 Å². The summed E-state index contributed by atoms with van der Waals surface area (Å²) in [5.74, 6) is -0.232. The molecular formula is C11H12N4O5. The molecule has 1 aliphatic heterocycles. The summed E-state index contributed by atoms with van der Waals surface area (Å²) in [7, 11) is 0. The monoisotopic (exact) mass is 280 g/mol. The van der Waals surface area contributed by atoms with Gasteiger partial charge in [-0.3, -0.25) is 25.0 Å². The van der Waals surface area contributed by atoms with Gasteiger partial charge < -0.3 is 10.6 Å². The van der Waals surface area contributed by atoms with Gasteiger partial charge in [0, 0.05) is 12.6 Å². The molecule has 106 valence electrons. The second-order valence-corrected chi connectivity index (χ2v) is 4.35. The van der Waals surface area contributed by atoms with Gasteiger partial charge in [0.2, 0.25) is 5.91 Å². The minimum absolute atomic E-state index is 0.0997. The Morgan fingerprint density at radius 1 is 1.25 bits per heavy atom. The van der Waals surface area contributed by atoms with Crippen LogP contribution in [0.4, 0.5) is 17.1 Å². The lowest BCUT2D eigenvalue weighted by Gasteiger charge is -2.23. The van der Waals surface area contributed by atoms with Gasteiger partial charge in [0.15, 0.2) is 0 Å². The van der Waals surface area contributed by atoms with Crippen LogP contribution in [-0.2, 0) is 4.79 Å². The average Bonchev–Trinajstić information content (AvgIpc) is 2.41. The van der Waals surface area contributed by atoms with Crippen molar-refractivity contribution in [2.75, 3.05) is 11.9 Å². The van der Waals surface area contributed by atoms with Crippen LogP contribution in [0.5, 0.6) is 0 Å². The molecule has 2 N–H and O–H groups in total. The predicted molar refractivity (Wildman–Crippen MR) is 69.4 cm³/mol. The molecule has 0 aliphatic carbocycles. The lowest BCUT2D eigenvalue weighted by atomic mass is 10.1. The number of carbonyl (C=O) groups excluding carboxylic acids is 1. The first kappa shape index (κ1) is 13.7. The van der Waals surface area contributed by atoms with E-state index in [1.54, 1.807) is 0 Å². The summed E-state index contributed by atoms with van der Waals surface area (Å²) < 4.78 is 0. The molecule has 0 saturated carbocycles. The number of non-ortho nitro benzene ring substituents is 1. The standard InChI is InChI=1S/C11H12N4O5/c16-11-9(2-1-5-12-11)13-8-4-3-7(14(17)18)6-10(8)15(19)20/h3-4,6,9,13H,1-2,5H2,(H,12,16). The summed E-state index contributed by atoms with van der Waals surface area (Å²) in [5, 5.41) is 27.0. The smallest absolute Gasteiger partial charge is 0.299 e. The highest BCUT2D eigenvalue weighted by Gasteiger charge is 2.26. The third-order valence-electron chi connectivity index (χ3n) is 3.00. The number of hydrogen-bond donors (Lipinski definition) is 2. The Balaban J connectivity index is 2.28. The highest BCUT2D eigenvalue weighted by molar-refractivity contribution is 5.86. The number of carbonyl (C=O) groups is 1. The van der Waals surface area contributed by atoms with Gasteiger partial charge in [0.05, 0.1) is 15.9 Å². The molecule has 0 spiro atoms. The van der Waals surface area contributed by atoms with Crippen LogP contribution in [0.1, 0.15) is 12.8 Å². The van der Waals surface area contributed by atoms with E-state index in [0.717, 1.165) is 18.6 Å². The van der Waals surface area contributed by atoms with Crippen molar-refractivity contribution >= 4 is 23.0 Å². The van der Waals surface area contributed by atoms with Crippen molar-refractivity contribution in [3.63, 3.8) is 0 Å². The first-order valence-electron chi connectivity index (χ1n) is 5.96. The van der Waals surface area contributed by atoms with Crippen LogP contribution >= 0.6 is 0 Å². The molecule has 1 atom stereocenters. The van der Waals surface area contributed by atoms with E-state index in [9.17, 15) is 25.0 Å². The number of anilines is 1. The molecule has 1 heterocycles. The number of nitrogens with one attached hydrogen (secondary N) is 2. The van der Waals surface area contributed by atoms with Gasteiger partial charge in [0.25, 0.3) is 11.4 Å². The van der Waals surface area contributed by atoms with Crippen LogP contribution in [-0.4, -0.2) is 28.3 Å². The number of nitro groups is 2. The molecule has 0 aromatic heterocycles. The molecule has 1 fully saturated rings. The zero-order valence-corrected chi connectivity index (χ0v) is 10.4. The topological polar surface area (TPSA) is 127 Å². The number of piperidine rings is 1. The average molecular weight is 280 g/mol. The molecule has 9 heteroatoms. The zero-order chi connectivity index (χ0) is 14.7. The first-order valence-corrected chi connectivity index (χ1v) is 5.96. The molecule has 9 nitrogen and oxygen atoms in total. The number of benzene rings is 1. The minimum Gasteiger partial charge on any atom is -0.368 e. The Bertz CT molecular complexity index is 574. The van der Waals surface area contributed by atoms with Crippen molar-refractivity contribution in [1.82, 2.24) is 5.32 Å². The predicted octanol–water partition coefficient (Wildman–Crippen LogP) is 1.19. The summed E-state index contributed by atoms with van der Waals surface area (Å²) in [6.07, 6.45) is 1.32. The van der Waals surface area contributed by atoms with Crippen LogP contribution in [0.15, 0.2) is 18.2 Å². The van der Waals surface area contributed by atoms with Gasteiger partial charge in [-0.15, -0.1) is 0 Å². The molecule has 0 radical (unpaired) electrons. The molecule has 1 unspecified atom stereocenters. The van der Waals surface area contributed by atoms with Gasteiger partial charge in [0.1, 0.15) is 11.7 Å². The summed E-state index contributed by atoms with van der Waals surface area (Å²) in [5.41, 5.74) is -0.685. The molecule has 20 heavy (non-hydrogen) atoms. The van der Waals surface area contributed by atoms with Crippen molar-refractivity contribution < 1.29 is 14.6 Å². The van der Waals surface area contributed by atoms with Crippen LogP contribution in [0, 0.1) is 20.2 Å². The SMILES string of the molecule is O=C1NCCCC1Nc1ccc([N+](=O)[O-])cc1[N+](=O)[O-]. The number of nitro benzene ring substituents is 2. The Hall–Kier alpha value is -2.71. The Morgan fingerprint density at radius 3 is 2.60 bits per heavy atom. The third kappa shape index (κ3) is 2.82. The van der Waals surface area contributed by atoms with Gasteiger partial charge in [-0.05, 0) is 18.9 Å². The van der Waals surface area contributed by atoms with Crippen molar-refractivity contribution in [1.29, 1.82) is 0 Å². The third-order valence-corrected chi connectivity index (χ3v) is 3.00. The van der Waals surface area contributed by atoms with E-state index in [4.69, 9.17) is 0 Å². The minimum atomic E-state index is -0.712. The number of amides is 1. The normalized spacial score (nSPS) is 18.2. The van der Waals surface area contributed by atoms with Gasteiger partial charge in [-0.25, -0.2) is 0 Å². The van der Waals surface area contributed by atoms with E-state index in [-0.39, 0.29) is 17.3 Å². The Kier molecular flexibility index (Phi) is 3.78. The maximum absolute atomic E-state index is 11.6. The highest BCUT2D eigenvalue weighted by Crippen LogP contribution is 2.30. The maximum Gasteiger partial charge on any atom is 0.299 e. The molecular weight excluding hydrogens is 268 g/mol. The summed E-state index contributed by atoms with van der Waals surface area (Å²) in [6.45, 7) is 0.583. The van der Waals surface area contributed by atoms with Crippen LogP contribution in [0.2, 0.25) is 0 Å². The van der Waals surface area contributed by atoms with Crippen molar-refractivity contribution in [2.45, 2.75) is 18.9 Å². The Morgan fingerprint density at radius 2 is 2.00 bits per heavy atom.